The van der Waals surface area contributed by atoms with Crippen LogP contribution < -0.4 is 9.47 Å². The van der Waals surface area contributed by atoms with Gasteiger partial charge in [-0.3, -0.25) is 0 Å². The van der Waals surface area contributed by atoms with E-state index in [1.807, 2.05) is 23.9 Å². The van der Waals surface area contributed by atoms with Gasteiger partial charge in [0.15, 0.2) is 4.98 Å². The third-order valence-corrected chi connectivity index (χ3v) is 5.93. The van der Waals surface area contributed by atoms with E-state index in [1.54, 1.807) is 0 Å². The third-order valence-electron chi connectivity index (χ3n) is 4.66. The van der Waals surface area contributed by atoms with E-state index in [2.05, 4.69) is 32.7 Å². The zero-order valence-electron chi connectivity index (χ0n) is 17.6. The Bertz CT molecular complexity index is 572. The molecule has 0 heterocycles. The van der Waals surface area contributed by atoms with Crippen LogP contribution >= 0.6 is 11.8 Å². The number of hydrogen-bond acceptors (Lipinski definition) is 4. The van der Waals surface area contributed by atoms with Gasteiger partial charge in [-0.25, -0.2) is 0 Å². The van der Waals surface area contributed by atoms with E-state index in [9.17, 15) is 5.39 Å². The summed E-state index contributed by atoms with van der Waals surface area (Å²) in [5.41, 5.74) is 0.444. The number of rotatable bonds is 15. The molecule has 0 N–H and O–H groups in total. The van der Waals surface area contributed by atoms with Crippen LogP contribution in [0.2, 0.25) is 0 Å². The Kier molecular flexibility index (Phi) is 12.8. The van der Waals surface area contributed by atoms with Gasteiger partial charge in [0.25, 0.3) is 0 Å². The Balaban J connectivity index is 2.96. The van der Waals surface area contributed by atoms with Crippen molar-refractivity contribution < 1.29 is 9.47 Å². The second-order valence-electron chi connectivity index (χ2n) is 7.00. The minimum Gasteiger partial charge on any atom is -0.492 e. The predicted molar refractivity (Wildman–Crippen MR) is 116 cm³/mol. The normalized spacial score (nSPS) is 11.8. The summed E-state index contributed by atoms with van der Waals surface area (Å²) in [5, 5.41) is 9.40. The highest BCUT2D eigenvalue weighted by Crippen LogP contribution is 2.41. The van der Waals surface area contributed by atoms with Gasteiger partial charge in [-0.15, -0.1) is 11.8 Å². The zero-order chi connectivity index (χ0) is 19.9. The van der Waals surface area contributed by atoms with Crippen LogP contribution in [0.25, 0.3) is 4.98 Å². The second-order valence-corrected chi connectivity index (χ2v) is 8.06. The van der Waals surface area contributed by atoms with Crippen molar-refractivity contribution in [1.82, 2.24) is 0 Å². The molecule has 0 aliphatic rings. The number of hydrogen-bond donors (Lipinski definition) is 0. The second kappa shape index (κ2) is 14.6. The minimum atomic E-state index is 0.444. The Hall–Kier alpha value is -1.41. The molecule has 0 aliphatic heterocycles. The quantitative estimate of drug-likeness (QED) is 0.173. The number of thioether (sulfide) groups is 1. The van der Waals surface area contributed by atoms with Gasteiger partial charge in [-0.2, -0.15) is 0 Å². The average molecular weight is 394 g/mol. The van der Waals surface area contributed by atoms with Crippen LogP contribution in [-0.2, 0) is 0 Å². The lowest BCUT2D eigenvalue weighted by molar-refractivity contribution is 0.296. The highest BCUT2D eigenvalue weighted by atomic mass is 32.2. The lowest BCUT2D eigenvalue weighted by atomic mass is 10.0. The van der Waals surface area contributed by atoms with Crippen LogP contribution in [-0.4, -0.2) is 19.0 Å². The summed E-state index contributed by atoms with van der Waals surface area (Å²) in [6, 6.07) is 3.80. The third kappa shape index (κ3) is 8.88. The fraction of sp³-hybridized carbons (Fsp3) is 0.727. The fourth-order valence-electron chi connectivity index (χ4n) is 2.71. The van der Waals surface area contributed by atoms with Crippen molar-refractivity contribution in [3.63, 3.8) is 0 Å². The monoisotopic (exact) mass is 393 g/mol. The molecule has 5 heteroatoms. The van der Waals surface area contributed by atoms with E-state index in [0.29, 0.717) is 30.6 Å². The summed E-state index contributed by atoms with van der Waals surface area (Å²) in [5.74, 6) is 3.22. The fourth-order valence-corrected chi connectivity index (χ4v) is 3.98. The molecule has 1 aromatic rings. The molecular weight excluding hydrogens is 356 g/mol. The van der Waals surface area contributed by atoms with Crippen molar-refractivity contribution in [2.45, 2.75) is 84.0 Å². The van der Waals surface area contributed by atoms with E-state index in [1.165, 1.54) is 25.7 Å². The number of unbranched alkanes of at least 4 members (excludes halogenated alkanes) is 3. The topological polar surface area (TPSA) is 46.6 Å². The maximum atomic E-state index is 9.40. The SMILES string of the molecule is CCCCOc1cc(SCC(CC)CCCC)c(OCCCC)cc1[N+]#N. The number of nitrogens with zero attached hydrogens (tertiary/aromatic N) is 2. The predicted octanol–water partition coefficient (Wildman–Crippen LogP) is 7.84. The van der Waals surface area contributed by atoms with E-state index in [0.717, 1.165) is 42.1 Å². The molecule has 27 heavy (non-hydrogen) atoms. The van der Waals surface area contributed by atoms with Crippen LogP contribution in [0.3, 0.4) is 0 Å². The van der Waals surface area contributed by atoms with Gasteiger partial charge >= 0.3 is 5.69 Å². The van der Waals surface area contributed by atoms with E-state index in [4.69, 9.17) is 9.47 Å². The number of ether oxygens (including phenoxy) is 2. The van der Waals surface area contributed by atoms with E-state index < -0.39 is 0 Å². The van der Waals surface area contributed by atoms with Gasteiger partial charge in [0.05, 0.1) is 24.2 Å². The summed E-state index contributed by atoms with van der Waals surface area (Å²) in [7, 11) is 0. The van der Waals surface area contributed by atoms with Crippen LogP contribution in [0.5, 0.6) is 11.5 Å². The molecule has 1 rings (SSSR count). The average Bonchev–Trinajstić information content (AvgIpc) is 2.69. The van der Waals surface area contributed by atoms with Crippen molar-refractivity contribution in [3.8, 4) is 11.5 Å². The standard InChI is InChI=1S/C22H37N2O2S/c1-5-9-12-18(8-4)17-27-22-16-20(25-13-10-6-2)19(24-23)15-21(22)26-14-11-7-3/h15-16,18H,5-14,17H2,1-4H3/q+1. The van der Waals surface area contributed by atoms with Crippen molar-refractivity contribution in [1.29, 1.82) is 5.39 Å². The first kappa shape index (κ1) is 23.6. The van der Waals surface area contributed by atoms with Gasteiger partial charge in [-0.05, 0) is 25.2 Å². The van der Waals surface area contributed by atoms with E-state index in [-0.39, 0.29) is 0 Å². The molecule has 0 saturated carbocycles. The van der Waals surface area contributed by atoms with Crippen LogP contribution in [0, 0.1) is 11.3 Å². The smallest absolute Gasteiger partial charge is 0.430 e. The highest BCUT2D eigenvalue weighted by Gasteiger charge is 2.22. The largest absolute Gasteiger partial charge is 0.492 e. The van der Waals surface area contributed by atoms with Gasteiger partial charge in [0.2, 0.25) is 11.1 Å². The van der Waals surface area contributed by atoms with Gasteiger partial charge in [0.1, 0.15) is 5.75 Å². The molecule has 0 spiro atoms. The molecule has 0 radical (unpaired) electrons. The van der Waals surface area contributed by atoms with Crippen molar-refractivity contribution in [3.05, 3.63) is 17.1 Å². The molecule has 0 fully saturated rings. The van der Waals surface area contributed by atoms with Gasteiger partial charge in [-0.1, -0.05) is 59.8 Å². The molecule has 0 bridgehead atoms. The molecule has 1 unspecified atom stereocenters. The molecule has 1 atom stereocenters. The Morgan fingerprint density at radius 3 is 2.11 bits per heavy atom. The first-order chi connectivity index (χ1) is 13.2. The maximum absolute atomic E-state index is 9.40. The molecule has 0 aliphatic carbocycles. The minimum absolute atomic E-state index is 0.444. The zero-order valence-corrected chi connectivity index (χ0v) is 18.4. The molecule has 0 saturated heterocycles. The summed E-state index contributed by atoms with van der Waals surface area (Å²) in [6.45, 7) is 10.1. The summed E-state index contributed by atoms with van der Waals surface area (Å²) in [6.07, 6.45) is 9.16. The number of diazo groups is 1. The molecule has 0 aromatic heterocycles. The Labute approximate surface area is 170 Å². The maximum Gasteiger partial charge on any atom is 0.430 e. The Morgan fingerprint density at radius 1 is 0.926 bits per heavy atom. The molecule has 1 aromatic carbocycles. The van der Waals surface area contributed by atoms with Gasteiger partial charge < -0.3 is 9.47 Å². The summed E-state index contributed by atoms with van der Waals surface area (Å²) < 4.78 is 11.9. The Morgan fingerprint density at radius 2 is 1.56 bits per heavy atom. The van der Waals surface area contributed by atoms with Crippen LogP contribution in [0.1, 0.15) is 79.1 Å². The highest BCUT2D eigenvalue weighted by molar-refractivity contribution is 7.99. The van der Waals surface area contributed by atoms with E-state index >= 15 is 0 Å². The van der Waals surface area contributed by atoms with Crippen molar-refractivity contribution in [2.24, 2.45) is 5.92 Å². The summed E-state index contributed by atoms with van der Waals surface area (Å²) >= 11 is 1.83. The molecular formula is C22H37N2O2S+. The van der Waals surface area contributed by atoms with Crippen LogP contribution in [0.4, 0.5) is 5.69 Å². The molecule has 152 valence electrons. The number of benzene rings is 1. The van der Waals surface area contributed by atoms with Gasteiger partial charge in [0, 0.05) is 11.8 Å². The lowest BCUT2D eigenvalue weighted by Gasteiger charge is -2.16. The summed E-state index contributed by atoms with van der Waals surface area (Å²) in [4.78, 5) is 4.50. The van der Waals surface area contributed by atoms with Crippen molar-refractivity contribution >= 4 is 17.4 Å². The first-order valence-electron chi connectivity index (χ1n) is 10.6. The first-order valence-corrected chi connectivity index (χ1v) is 11.6. The van der Waals surface area contributed by atoms with Crippen LogP contribution in [0.15, 0.2) is 17.0 Å². The lowest BCUT2D eigenvalue weighted by Crippen LogP contribution is -2.04. The molecule has 0 amide bonds. The van der Waals surface area contributed by atoms with Crippen molar-refractivity contribution in [2.75, 3.05) is 19.0 Å². The molecule has 4 nitrogen and oxygen atoms in total.